The Labute approximate surface area is 110 Å². The second-order valence-corrected chi connectivity index (χ2v) is 5.62. The van der Waals surface area contributed by atoms with Crippen LogP contribution in [0.1, 0.15) is 13.3 Å². The number of carbonyl (C=O) groups excluding carboxylic acids is 2. The van der Waals surface area contributed by atoms with Gasteiger partial charge in [-0.05, 0) is 6.92 Å². The van der Waals surface area contributed by atoms with E-state index in [1.54, 1.807) is 6.92 Å². The van der Waals surface area contributed by atoms with E-state index in [0.717, 1.165) is 0 Å². The third kappa shape index (κ3) is 3.47. The minimum atomic E-state index is -1.07. The van der Waals surface area contributed by atoms with Gasteiger partial charge in [0.25, 0.3) is 5.91 Å². The van der Waals surface area contributed by atoms with Gasteiger partial charge in [0.1, 0.15) is 9.75 Å². The highest BCUT2D eigenvalue weighted by Crippen LogP contribution is 2.64. The lowest BCUT2D eigenvalue weighted by Crippen LogP contribution is -2.33. The number of esters is 1. The quantitative estimate of drug-likeness (QED) is 0.446. The van der Waals surface area contributed by atoms with E-state index in [2.05, 4.69) is 5.32 Å². The smallest absolute Gasteiger partial charge is 0.315 e. The van der Waals surface area contributed by atoms with Gasteiger partial charge in [0.2, 0.25) is 0 Å². The molecule has 1 fully saturated rings. The predicted molar refractivity (Wildman–Crippen MR) is 63.0 cm³/mol. The van der Waals surface area contributed by atoms with E-state index in [4.69, 9.17) is 32.7 Å². The van der Waals surface area contributed by atoms with Crippen molar-refractivity contribution in [2.45, 2.75) is 17.7 Å². The van der Waals surface area contributed by atoms with Gasteiger partial charge in [-0.2, -0.15) is 0 Å². The van der Waals surface area contributed by atoms with Crippen molar-refractivity contribution in [3.05, 3.63) is 0 Å². The van der Waals surface area contributed by atoms with Crippen molar-refractivity contribution in [2.75, 3.05) is 26.9 Å². The Morgan fingerprint density at radius 1 is 1.41 bits per heavy atom. The molecule has 17 heavy (non-hydrogen) atoms. The number of ether oxygens (including phenoxy) is 2. The largest absolute Gasteiger partial charge is 0.455 e. The fourth-order valence-electron chi connectivity index (χ4n) is 1.26. The molecule has 0 aromatic heterocycles. The van der Waals surface area contributed by atoms with E-state index >= 15 is 0 Å². The summed E-state index contributed by atoms with van der Waals surface area (Å²) in [7, 11) is 1.53. The molecule has 1 rings (SSSR count). The molecule has 0 aromatic rings. The summed E-state index contributed by atoms with van der Waals surface area (Å²) in [6.45, 7) is 2.06. The molecule has 0 bridgehead atoms. The Morgan fingerprint density at radius 2 is 2.00 bits per heavy atom. The summed E-state index contributed by atoms with van der Waals surface area (Å²) < 4.78 is 8.52. The molecule has 0 aromatic carbocycles. The fourth-order valence-corrected chi connectivity index (χ4v) is 1.94. The maximum atomic E-state index is 11.6. The summed E-state index contributed by atoms with van der Waals surface area (Å²) in [5.41, 5.74) is -0.900. The number of alkyl halides is 2. The van der Waals surface area contributed by atoms with Crippen molar-refractivity contribution < 1.29 is 19.1 Å². The number of halogens is 2. The molecule has 0 radical (unpaired) electrons. The minimum absolute atomic E-state index is 0.331. The summed E-state index contributed by atoms with van der Waals surface area (Å²) in [5.74, 6) is -0.932. The lowest BCUT2D eigenvalue weighted by molar-refractivity contribution is -0.153. The van der Waals surface area contributed by atoms with Crippen LogP contribution in [0.3, 0.4) is 0 Å². The van der Waals surface area contributed by atoms with Gasteiger partial charge >= 0.3 is 5.97 Å². The fraction of sp³-hybridized carbons (Fsp3) is 0.800. The van der Waals surface area contributed by atoms with Crippen LogP contribution in [-0.2, 0) is 19.1 Å². The zero-order chi connectivity index (χ0) is 13.1. The molecular weight excluding hydrogens is 269 g/mol. The molecule has 1 unspecified atom stereocenters. The van der Waals surface area contributed by atoms with E-state index in [9.17, 15) is 9.59 Å². The average molecular weight is 284 g/mol. The molecule has 1 atom stereocenters. The van der Waals surface area contributed by atoms with Crippen molar-refractivity contribution in [1.82, 2.24) is 5.32 Å². The van der Waals surface area contributed by atoms with Crippen molar-refractivity contribution in [1.29, 1.82) is 0 Å². The number of carbonyl (C=O) groups is 2. The number of hydrogen-bond donors (Lipinski definition) is 1. The average Bonchev–Trinajstić information content (AvgIpc) is 2.76. The number of rotatable bonds is 6. The molecule has 1 amide bonds. The Bertz CT molecular complexity index is 321. The van der Waals surface area contributed by atoms with Crippen LogP contribution in [0.5, 0.6) is 0 Å². The molecule has 0 saturated heterocycles. The van der Waals surface area contributed by atoms with Crippen LogP contribution in [0.15, 0.2) is 0 Å². The highest BCUT2D eigenvalue weighted by molar-refractivity contribution is 6.53. The van der Waals surface area contributed by atoms with Crippen LogP contribution in [0.2, 0.25) is 0 Å². The van der Waals surface area contributed by atoms with E-state index in [1.807, 2.05) is 0 Å². The van der Waals surface area contributed by atoms with Gasteiger partial charge < -0.3 is 14.8 Å². The van der Waals surface area contributed by atoms with Crippen LogP contribution in [-0.4, -0.2) is 43.1 Å². The number of methoxy groups -OCH3 is 1. The first-order valence-electron chi connectivity index (χ1n) is 5.14. The standard InChI is InChI=1S/C10H15Cl2NO4/c1-9(6-10(9,11)12)8(15)17-5-7(14)13-3-4-16-2/h3-6H2,1-2H3,(H,13,14). The molecular formula is C10H15Cl2NO4. The van der Waals surface area contributed by atoms with Gasteiger partial charge in [-0.15, -0.1) is 23.2 Å². The molecule has 5 nitrogen and oxygen atoms in total. The second-order valence-electron chi connectivity index (χ2n) is 4.13. The van der Waals surface area contributed by atoms with Gasteiger partial charge in [0, 0.05) is 20.1 Å². The lowest BCUT2D eigenvalue weighted by atomic mass is 10.1. The number of amides is 1. The lowest BCUT2D eigenvalue weighted by Gasteiger charge is -2.11. The number of nitrogens with one attached hydrogen (secondary N) is 1. The number of hydrogen-bond acceptors (Lipinski definition) is 4. The molecule has 0 aliphatic heterocycles. The Hall–Kier alpha value is -0.520. The summed E-state index contributed by atoms with van der Waals surface area (Å²) >= 11 is 11.6. The van der Waals surface area contributed by atoms with Gasteiger partial charge in [0.05, 0.1) is 6.61 Å². The van der Waals surface area contributed by atoms with Gasteiger partial charge in [-0.25, -0.2) is 0 Å². The maximum Gasteiger partial charge on any atom is 0.315 e. The SMILES string of the molecule is COCCNC(=O)COC(=O)C1(C)CC1(Cl)Cl. The molecule has 1 saturated carbocycles. The summed E-state index contributed by atoms with van der Waals surface area (Å²) in [4.78, 5) is 22.8. The van der Waals surface area contributed by atoms with E-state index in [1.165, 1.54) is 7.11 Å². The van der Waals surface area contributed by atoms with Crippen LogP contribution in [0, 0.1) is 5.41 Å². The van der Waals surface area contributed by atoms with Gasteiger partial charge in [0.15, 0.2) is 6.61 Å². The van der Waals surface area contributed by atoms with Crippen LogP contribution in [0.4, 0.5) is 0 Å². The van der Waals surface area contributed by atoms with Crippen molar-refractivity contribution in [3.63, 3.8) is 0 Å². The first kappa shape index (κ1) is 14.5. The zero-order valence-corrected chi connectivity index (χ0v) is 11.2. The van der Waals surface area contributed by atoms with Crippen LogP contribution in [0.25, 0.3) is 0 Å². The van der Waals surface area contributed by atoms with E-state index in [0.29, 0.717) is 19.6 Å². The Morgan fingerprint density at radius 3 is 2.47 bits per heavy atom. The topological polar surface area (TPSA) is 64.6 Å². The second kappa shape index (κ2) is 5.42. The molecule has 1 aliphatic rings. The molecule has 0 heterocycles. The Balaban J connectivity index is 2.23. The van der Waals surface area contributed by atoms with Gasteiger partial charge in [-0.3, -0.25) is 9.59 Å². The van der Waals surface area contributed by atoms with Crippen molar-refractivity contribution in [2.24, 2.45) is 5.41 Å². The molecule has 7 heteroatoms. The first-order valence-corrected chi connectivity index (χ1v) is 5.90. The van der Waals surface area contributed by atoms with Crippen molar-refractivity contribution in [3.8, 4) is 0 Å². The van der Waals surface area contributed by atoms with E-state index in [-0.39, 0.29) is 12.5 Å². The molecule has 98 valence electrons. The third-order valence-electron chi connectivity index (χ3n) is 2.67. The first-order chi connectivity index (χ1) is 7.83. The molecule has 1 aliphatic carbocycles. The minimum Gasteiger partial charge on any atom is -0.455 e. The maximum absolute atomic E-state index is 11.6. The third-order valence-corrected chi connectivity index (χ3v) is 3.77. The monoisotopic (exact) mass is 283 g/mol. The van der Waals surface area contributed by atoms with Crippen LogP contribution >= 0.6 is 23.2 Å². The Kier molecular flexibility index (Phi) is 4.63. The van der Waals surface area contributed by atoms with Crippen LogP contribution < -0.4 is 5.32 Å². The predicted octanol–water partition coefficient (Wildman–Crippen LogP) is 0.876. The highest BCUT2D eigenvalue weighted by Gasteiger charge is 2.69. The van der Waals surface area contributed by atoms with E-state index < -0.39 is 15.7 Å². The molecule has 0 spiro atoms. The highest BCUT2D eigenvalue weighted by atomic mass is 35.5. The van der Waals surface area contributed by atoms with Gasteiger partial charge in [-0.1, -0.05) is 0 Å². The summed E-state index contributed by atoms with van der Waals surface area (Å²) in [5, 5.41) is 2.52. The normalized spacial score (nSPS) is 25.2. The summed E-state index contributed by atoms with van der Waals surface area (Å²) in [6.07, 6.45) is 0.341. The van der Waals surface area contributed by atoms with Crippen molar-refractivity contribution >= 4 is 35.1 Å². The molecule has 1 N–H and O–H groups in total. The summed E-state index contributed by atoms with van der Waals surface area (Å²) in [6, 6.07) is 0. The zero-order valence-electron chi connectivity index (χ0n) is 9.72.